The van der Waals surface area contributed by atoms with Crippen LogP contribution in [0.2, 0.25) is 0 Å². The van der Waals surface area contributed by atoms with Crippen LogP contribution in [0.4, 0.5) is 20.6 Å². The third-order valence-corrected chi connectivity index (χ3v) is 4.58. The Labute approximate surface area is 140 Å². The fourth-order valence-electron chi connectivity index (χ4n) is 3.44. The summed E-state index contributed by atoms with van der Waals surface area (Å²) in [5.74, 6) is -0.795. The molecule has 1 heterocycles. The third-order valence-electron chi connectivity index (χ3n) is 4.58. The summed E-state index contributed by atoms with van der Waals surface area (Å²) < 4.78 is 19.9. The Hall–Kier alpha value is -2.15. The van der Waals surface area contributed by atoms with Gasteiger partial charge in [0.2, 0.25) is 5.91 Å². The molecule has 24 heavy (non-hydrogen) atoms. The molecule has 6 nitrogen and oxygen atoms in total. The molecule has 1 saturated carbocycles. The zero-order valence-electron chi connectivity index (χ0n) is 13.7. The van der Waals surface area contributed by atoms with Crippen LogP contribution in [0.25, 0.3) is 0 Å². The van der Waals surface area contributed by atoms with Crippen LogP contribution < -0.4 is 10.6 Å². The summed E-state index contributed by atoms with van der Waals surface area (Å²) in [6.07, 6.45) is 4.15. The van der Waals surface area contributed by atoms with Crippen LogP contribution in [0.15, 0.2) is 18.2 Å². The maximum absolute atomic E-state index is 14.0. The van der Waals surface area contributed by atoms with Gasteiger partial charge in [-0.05, 0) is 31.0 Å². The Morgan fingerprint density at radius 1 is 1.25 bits per heavy atom. The van der Waals surface area contributed by atoms with Gasteiger partial charge in [-0.2, -0.15) is 0 Å². The van der Waals surface area contributed by atoms with E-state index in [1.54, 1.807) is 4.90 Å². The van der Waals surface area contributed by atoms with Crippen molar-refractivity contribution < 1.29 is 18.7 Å². The zero-order chi connectivity index (χ0) is 17.2. The second-order valence-electron chi connectivity index (χ2n) is 6.47. The minimum atomic E-state index is -0.540. The van der Waals surface area contributed by atoms with E-state index in [0.717, 1.165) is 25.7 Å². The largest absolute Gasteiger partial charge is 0.371 e. The number of nitrogens with zero attached hydrogens (tertiary/aromatic N) is 1. The topological polar surface area (TPSA) is 70.7 Å². The quantitative estimate of drug-likeness (QED) is 0.873. The van der Waals surface area contributed by atoms with Crippen molar-refractivity contribution in [2.24, 2.45) is 0 Å². The van der Waals surface area contributed by atoms with Crippen molar-refractivity contribution in [2.75, 3.05) is 30.3 Å². The van der Waals surface area contributed by atoms with Crippen molar-refractivity contribution in [3.63, 3.8) is 0 Å². The molecule has 1 spiro atoms. The van der Waals surface area contributed by atoms with Crippen LogP contribution in [0.1, 0.15) is 32.6 Å². The Kier molecular flexibility index (Phi) is 4.71. The van der Waals surface area contributed by atoms with Gasteiger partial charge in [0.15, 0.2) is 0 Å². The summed E-state index contributed by atoms with van der Waals surface area (Å²) in [7, 11) is 0. The standard InChI is InChI=1S/C17H22FN3O3/c1-12(22)19-13-4-5-14(18)15(10-13)20-16(23)21-8-9-24-17(11-21)6-2-3-7-17/h4-5,10H,2-3,6-9,11H2,1H3,(H,19,22)(H,20,23). The summed E-state index contributed by atoms with van der Waals surface area (Å²) >= 11 is 0. The molecular weight excluding hydrogens is 313 g/mol. The van der Waals surface area contributed by atoms with Gasteiger partial charge in [0.05, 0.1) is 24.4 Å². The highest BCUT2D eigenvalue weighted by molar-refractivity contribution is 5.92. The van der Waals surface area contributed by atoms with E-state index in [4.69, 9.17) is 4.74 Å². The lowest BCUT2D eigenvalue weighted by Crippen LogP contribution is -2.53. The number of carbonyl (C=O) groups excluding carboxylic acids is 2. The van der Waals surface area contributed by atoms with Gasteiger partial charge >= 0.3 is 6.03 Å². The molecule has 1 aromatic carbocycles. The third kappa shape index (κ3) is 3.67. The monoisotopic (exact) mass is 335 g/mol. The van der Waals surface area contributed by atoms with E-state index in [0.29, 0.717) is 25.4 Å². The molecule has 1 aromatic rings. The van der Waals surface area contributed by atoms with E-state index >= 15 is 0 Å². The van der Waals surface area contributed by atoms with E-state index in [-0.39, 0.29) is 23.2 Å². The average molecular weight is 335 g/mol. The molecule has 130 valence electrons. The molecule has 1 aliphatic heterocycles. The fourth-order valence-corrected chi connectivity index (χ4v) is 3.44. The van der Waals surface area contributed by atoms with Crippen LogP contribution in [-0.4, -0.2) is 42.1 Å². The predicted octanol–water partition coefficient (Wildman–Crippen LogP) is 2.96. The smallest absolute Gasteiger partial charge is 0.322 e. The number of morpholine rings is 1. The van der Waals surface area contributed by atoms with E-state index in [2.05, 4.69) is 10.6 Å². The molecule has 3 amide bonds. The Morgan fingerprint density at radius 2 is 2.00 bits per heavy atom. The van der Waals surface area contributed by atoms with Crippen LogP contribution in [0, 0.1) is 5.82 Å². The number of anilines is 2. The number of benzene rings is 1. The number of rotatable bonds is 2. The van der Waals surface area contributed by atoms with Crippen molar-refractivity contribution in [1.29, 1.82) is 0 Å². The Morgan fingerprint density at radius 3 is 2.71 bits per heavy atom. The molecule has 1 aliphatic carbocycles. The van der Waals surface area contributed by atoms with E-state index in [9.17, 15) is 14.0 Å². The van der Waals surface area contributed by atoms with Crippen LogP contribution in [-0.2, 0) is 9.53 Å². The molecule has 1 saturated heterocycles. The summed E-state index contributed by atoms with van der Waals surface area (Å²) in [5.41, 5.74) is 0.262. The molecule has 0 atom stereocenters. The van der Waals surface area contributed by atoms with E-state index in [1.165, 1.54) is 25.1 Å². The number of hydrogen-bond donors (Lipinski definition) is 2. The highest BCUT2D eigenvalue weighted by Crippen LogP contribution is 2.36. The second-order valence-corrected chi connectivity index (χ2v) is 6.47. The highest BCUT2D eigenvalue weighted by Gasteiger charge is 2.40. The summed E-state index contributed by atoms with van der Waals surface area (Å²) in [5, 5.41) is 5.18. The Bertz CT molecular complexity index is 644. The molecule has 0 radical (unpaired) electrons. The summed E-state index contributed by atoms with van der Waals surface area (Å²) in [6.45, 7) is 2.89. The molecule has 2 N–H and O–H groups in total. The lowest BCUT2D eigenvalue weighted by atomic mass is 10.00. The van der Waals surface area contributed by atoms with Gasteiger partial charge in [-0.15, -0.1) is 0 Å². The molecule has 0 unspecified atom stereocenters. The molecule has 2 fully saturated rings. The number of carbonyl (C=O) groups is 2. The second kappa shape index (κ2) is 6.76. The van der Waals surface area contributed by atoms with E-state index < -0.39 is 5.82 Å². The van der Waals surface area contributed by atoms with Crippen molar-refractivity contribution in [2.45, 2.75) is 38.2 Å². The van der Waals surface area contributed by atoms with Crippen LogP contribution in [0.3, 0.4) is 0 Å². The van der Waals surface area contributed by atoms with Crippen molar-refractivity contribution in [3.05, 3.63) is 24.0 Å². The highest BCUT2D eigenvalue weighted by atomic mass is 19.1. The summed E-state index contributed by atoms with van der Waals surface area (Å²) in [4.78, 5) is 25.3. The lowest BCUT2D eigenvalue weighted by molar-refractivity contribution is -0.114. The predicted molar refractivity (Wildman–Crippen MR) is 88.4 cm³/mol. The normalized spacial score (nSPS) is 19.3. The number of halogens is 1. The van der Waals surface area contributed by atoms with Gasteiger partial charge in [0.25, 0.3) is 0 Å². The Balaban J connectivity index is 1.69. The number of urea groups is 1. The number of amides is 3. The SMILES string of the molecule is CC(=O)Nc1ccc(F)c(NC(=O)N2CCOC3(CCCC3)C2)c1. The van der Waals surface area contributed by atoms with Gasteiger partial charge in [0, 0.05) is 19.2 Å². The van der Waals surface area contributed by atoms with Crippen molar-refractivity contribution >= 4 is 23.3 Å². The first-order chi connectivity index (χ1) is 11.5. The van der Waals surface area contributed by atoms with E-state index in [1.807, 2.05) is 0 Å². The summed E-state index contributed by atoms with van der Waals surface area (Å²) in [6, 6.07) is 3.75. The molecule has 0 aromatic heterocycles. The fraction of sp³-hybridized carbons (Fsp3) is 0.529. The molecule has 2 aliphatic rings. The average Bonchev–Trinajstić information content (AvgIpc) is 2.98. The molecule has 0 bridgehead atoms. The maximum Gasteiger partial charge on any atom is 0.322 e. The molecular formula is C17H22FN3O3. The van der Waals surface area contributed by atoms with Crippen molar-refractivity contribution in [1.82, 2.24) is 4.90 Å². The van der Waals surface area contributed by atoms with Gasteiger partial charge < -0.3 is 20.3 Å². The first-order valence-electron chi connectivity index (χ1n) is 8.24. The number of ether oxygens (including phenoxy) is 1. The first kappa shape index (κ1) is 16.7. The van der Waals surface area contributed by atoms with Gasteiger partial charge in [-0.3, -0.25) is 4.79 Å². The van der Waals surface area contributed by atoms with Gasteiger partial charge in [0.1, 0.15) is 5.82 Å². The lowest BCUT2D eigenvalue weighted by Gasteiger charge is -2.40. The molecule has 7 heteroatoms. The molecule has 3 rings (SSSR count). The first-order valence-corrected chi connectivity index (χ1v) is 8.24. The minimum absolute atomic E-state index is 0.0539. The maximum atomic E-state index is 14.0. The van der Waals surface area contributed by atoms with Crippen LogP contribution in [0.5, 0.6) is 0 Å². The van der Waals surface area contributed by atoms with Crippen LogP contribution >= 0.6 is 0 Å². The number of hydrogen-bond acceptors (Lipinski definition) is 3. The van der Waals surface area contributed by atoms with Gasteiger partial charge in [-0.25, -0.2) is 9.18 Å². The van der Waals surface area contributed by atoms with Gasteiger partial charge in [-0.1, -0.05) is 12.8 Å². The number of nitrogens with one attached hydrogen (secondary N) is 2. The minimum Gasteiger partial charge on any atom is -0.371 e. The van der Waals surface area contributed by atoms with Crippen molar-refractivity contribution in [3.8, 4) is 0 Å². The zero-order valence-corrected chi connectivity index (χ0v) is 13.7.